The average molecular weight is 235 g/mol. The van der Waals surface area contributed by atoms with Crippen LogP contribution in [0.4, 0.5) is 11.4 Å². The molecule has 94 valence electrons. The molecule has 0 aromatic heterocycles. The van der Waals surface area contributed by atoms with Crippen molar-refractivity contribution in [1.82, 2.24) is 4.90 Å². The molecular weight excluding hydrogens is 214 g/mol. The van der Waals surface area contributed by atoms with E-state index in [1.54, 1.807) is 12.1 Å². The van der Waals surface area contributed by atoms with Crippen molar-refractivity contribution in [2.24, 2.45) is 0 Å². The van der Waals surface area contributed by atoms with Gasteiger partial charge in [-0.1, -0.05) is 12.1 Å². The molecular formula is C13H21N3O. The summed E-state index contributed by atoms with van der Waals surface area (Å²) in [6, 6.07) is 7.73. The first kappa shape index (κ1) is 13.5. The molecule has 0 heterocycles. The maximum absolute atomic E-state index is 11.7. The minimum Gasteiger partial charge on any atom is -0.397 e. The van der Waals surface area contributed by atoms with Gasteiger partial charge in [-0.05, 0) is 33.0 Å². The average Bonchev–Trinajstić information content (AvgIpc) is 2.29. The number of rotatable bonds is 5. The largest absolute Gasteiger partial charge is 0.397 e. The van der Waals surface area contributed by atoms with Crippen LogP contribution in [-0.2, 0) is 4.79 Å². The lowest BCUT2D eigenvalue weighted by Crippen LogP contribution is -2.30. The summed E-state index contributed by atoms with van der Waals surface area (Å²) >= 11 is 0. The van der Waals surface area contributed by atoms with Gasteiger partial charge in [-0.3, -0.25) is 4.79 Å². The van der Waals surface area contributed by atoms with Crippen molar-refractivity contribution in [2.45, 2.75) is 26.3 Å². The van der Waals surface area contributed by atoms with Gasteiger partial charge in [0.2, 0.25) is 5.91 Å². The van der Waals surface area contributed by atoms with Crippen molar-refractivity contribution < 1.29 is 4.79 Å². The van der Waals surface area contributed by atoms with Crippen LogP contribution in [0.2, 0.25) is 0 Å². The quantitative estimate of drug-likeness (QED) is 0.767. The molecule has 0 unspecified atom stereocenters. The van der Waals surface area contributed by atoms with E-state index >= 15 is 0 Å². The summed E-state index contributed by atoms with van der Waals surface area (Å²) in [5.74, 6) is -0.00426. The van der Waals surface area contributed by atoms with Crippen molar-refractivity contribution in [3.63, 3.8) is 0 Å². The van der Waals surface area contributed by atoms with Gasteiger partial charge >= 0.3 is 0 Å². The van der Waals surface area contributed by atoms with Crippen LogP contribution in [0.25, 0.3) is 0 Å². The lowest BCUT2D eigenvalue weighted by atomic mass is 10.2. The number of carbonyl (C=O) groups is 1. The lowest BCUT2D eigenvalue weighted by molar-refractivity contribution is -0.116. The van der Waals surface area contributed by atoms with E-state index < -0.39 is 0 Å². The van der Waals surface area contributed by atoms with E-state index in [4.69, 9.17) is 5.73 Å². The monoisotopic (exact) mass is 235 g/mol. The van der Waals surface area contributed by atoms with Crippen molar-refractivity contribution in [3.05, 3.63) is 24.3 Å². The fourth-order valence-electron chi connectivity index (χ4n) is 1.36. The summed E-state index contributed by atoms with van der Waals surface area (Å²) < 4.78 is 0. The van der Waals surface area contributed by atoms with Gasteiger partial charge < -0.3 is 16.0 Å². The predicted octanol–water partition coefficient (Wildman–Crippen LogP) is 1.94. The number of carbonyl (C=O) groups excluding carboxylic acids is 1. The third-order valence-electron chi connectivity index (χ3n) is 2.81. The second kappa shape index (κ2) is 6.25. The number of nitrogens with two attached hydrogens (primary N) is 1. The number of hydrogen-bond acceptors (Lipinski definition) is 3. The Kier molecular flexibility index (Phi) is 4.97. The van der Waals surface area contributed by atoms with Crippen molar-refractivity contribution in [1.29, 1.82) is 0 Å². The molecule has 1 amide bonds. The molecule has 0 aliphatic carbocycles. The van der Waals surface area contributed by atoms with E-state index in [2.05, 4.69) is 24.1 Å². The van der Waals surface area contributed by atoms with Crippen LogP contribution in [0, 0.1) is 0 Å². The molecule has 1 aromatic rings. The first-order valence-electron chi connectivity index (χ1n) is 5.85. The fraction of sp³-hybridized carbons (Fsp3) is 0.462. The second-order valence-corrected chi connectivity index (χ2v) is 4.46. The van der Waals surface area contributed by atoms with E-state index in [-0.39, 0.29) is 5.91 Å². The summed E-state index contributed by atoms with van der Waals surface area (Å²) in [6.45, 7) is 4.95. The van der Waals surface area contributed by atoms with Crippen LogP contribution in [0.15, 0.2) is 24.3 Å². The minimum atomic E-state index is -0.00426. The lowest BCUT2D eigenvalue weighted by Gasteiger charge is -2.20. The maximum Gasteiger partial charge on any atom is 0.225 e. The molecule has 0 aliphatic heterocycles. The molecule has 1 aromatic carbocycles. The maximum atomic E-state index is 11.7. The normalized spacial score (nSPS) is 10.9. The van der Waals surface area contributed by atoms with Gasteiger partial charge in [0.15, 0.2) is 0 Å². The van der Waals surface area contributed by atoms with Gasteiger partial charge in [-0.15, -0.1) is 0 Å². The molecule has 4 nitrogen and oxygen atoms in total. The number of hydrogen-bond donors (Lipinski definition) is 2. The zero-order valence-electron chi connectivity index (χ0n) is 10.7. The van der Waals surface area contributed by atoms with Crippen molar-refractivity contribution >= 4 is 17.3 Å². The molecule has 0 spiro atoms. The van der Waals surface area contributed by atoms with Crippen molar-refractivity contribution in [2.75, 3.05) is 24.6 Å². The number of nitrogens with one attached hydrogen (secondary N) is 1. The van der Waals surface area contributed by atoms with E-state index in [0.29, 0.717) is 23.8 Å². The minimum absolute atomic E-state index is 0.00426. The van der Waals surface area contributed by atoms with Gasteiger partial charge in [-0.2, -0.15) is 0 Å². The fourth-order valence-corrected chi connectivity index (χ4v) is 1.36. The van der Waals surface area contributed by atoms with E-state index in [0.717, 1.165) is 6.54 Å². The number of amides is 1. The summed E-state index contributed by atoms with van der Waals surface area (Å²) in [7, 11) is 2.01. The van der Waals surface area contributed by atoms with E-state index in [9.17, 15) is 4.79 Å². The Hall–Kier alpha value is -1.55. The molecule has 17 heavy (non-hydrogen) atoms. The highest BCUT2D eigenvalue weighted by atomic mass is 16.1. The molecule has 0 saturated heterocycles. The standard InChI is InChI=1S/C13H21N3O/c1-10(2)16(3)9-8-13(17)15-12-7-5-4-6-11(12)14/h4-7,10H,8-9,14H2,1-3H3,(H,15,17). The molecule has 0 atom stereocenters. The Bertz CT molecular complexity index is 377. The first-order valence-corrected chi connectivity index (χ1v) is 5.85. The number of para-hydroxylation sites is 2. The van der Waals surface area contributed by atoms with Crippen LogP contribution in [0.3, 0.4) is 0 Å². The topological polar surface area (TPSA) is 58.4 Å². The van der Waals surface area contributed by atoms with Crippen LogP contribution < -0.4 is 11.1 Å². The Morgan fingerprint density at radius 2 is 2.06 bits per heavy atom. The van der Waals surface area contributed by atoms with Gasteiger partial charge in [0.1, 0.15) is 0 Å². The van der Waals surface area contributed by atoms with E-state index in [1.165, 1.54) is 0 Å². The Balaban J connectivity index is 2.43. The SMILES string of the molecule is CC(C)N(C)CCC(=O)Nc1ccccc1N. The Morgan fingerprint density at radius 1 is 1.41 bits per heavy atom. The molecule has 0 fully saturated rings. The number of benzene rings is 1. The molecule has 0 bridgehead atoms. The number of nitrogens with zero attached hydrogens (tertiary/aromatic N) is 1. The molecule has 0 aliphatic rings. The molecule has 3 N–H and O–H groups in total. The van der Waals surface area contributed by atoms with Gasteiger partial charge in [-0.25, -0.2) is 0 Å². The molecule has 0 saturated carbocycles. The highest BCUT2D eigenvalue weighted by molar-refractivity contribution is 5.93. The van der Waals surface area contributed by atoms with Crippen molar-refractivity contribution in [3.8, 4) is 0 Å². The van der Waals surface area contributed by atoms with Gasteiger partial charge in [0.05, 0.1) is 11.4 Å². The first-order chi connectivity index (χ1) is 8.00. The molecule has 4 heteroatoms. The zero-order chi connectivity index (χ0) is 12.8. The third kappa shape index (κ3) is 4.44. The van der Waals surface area contributed by atoms with E-state index in [1.807, 2.05) is 19.2 Å². The highest BCUT2D eigenvalue weighted by Crippen LogP contribution is 2.16. The van der Waals surface area contributed by atoms with Crippen LogP contribution in [0.1, 0.15) is 20.3 Å². The second-order valence-electron chi connectivity index (χ2n) is 4.46. The number of anilines is 2. The smallest absolute Gasteiger partial charge is 0.225 e. The van der Waals surface area contributed by atoms with Crippen LogP contribution in [0.5, 0.6) is 0 Å². The molecule has 1 rings (SSSR count). The summed E-state index contributed by atoms with van der Waals surface area (Å²) in [5.41, 5.74) is 7.03. The van der Waals surface area contributed by atoms with Gasteiger partial charge in [0, 0.05) is 19.0 Å². The third-order valence-corrected chi connectivity index (χ3v) is 2.81. The van der Waals surface area contributed by atoms with Gasteiger partial charge in [0.25, 0.3) is 0 Å². The Labute approximate surface area is 103 Å². The van der Waals surface area contributed by atoms with Crippen LogP contribution >= 0.6 is 0 Å². The summed E-state index contributed by atoms with van der Waals surface area (Å²) in [5, 5.41) is 2.81. The summed E-state index contributed by atoms with van der Waals surface area (Å²) in [4.78, 5) is 13.8. The highest BCUT2D eigenvalue weighted by Gasteiger charge is 2.08. The van der Waals surface area contributed by atoms with Crippen LogP contribution in [-0.4, -0.2) is 30.4 Å². The predicted molar refractivity (Wildman–Crippen MR) is 71.9 cm³/mol. The molecule has 0 radical (unpaired) electrons. The summed E-state index contributed by atoms with van der Waals surface area (Å²) in [6.07, 6.45) is 0.475. The number of nitrogen functional groups attached to an aromatic ring is 1. The Morgan fingerprint density at radius 3 is 2.65 bits per heavy atom. The zero-order valence-corrected chi connectivity index (χ0v) is 10.7.